The SMILES string of the molecule is CCNCCCc1ncc(C2(c3ccccc3)CC2)o1. The van der Waals surface area contributed by atoms with E-state index in [4.69, 9.17) is 4.42 Å². The lowest BCUT2D eigenvalue weighted by atomic mass is 9.94. The maximum atomic E-state index is 6.01. The highest BCUT2D eigenvalue weighted by molar-refractivity contribution is 5.39. The molecule has 1 aliphatic carbocycles. The molecule has 0 saturated heterocycles. The maximum absolute atomic E-state index is 6.01. The van der Waals surface area contributed by atoms with Crippen molar-refractivity contribution >= 4 is 0 Å². The summed E-state index contributed by atoms with van der Waals surface area (Å²) in [5, 5.41) is 3.32. The van der Waals surface area contributed by atoms with Crippen LogP contribution in [-0.2, 0) is 11.8 Å². The lowest BCUT2D eigenvalue weighted by molar-refractivity contribution is 0.427. The molecule has 1 fully saturated rings. The molecule has 1 N–H and O–H groups in total. The molecule has 0 bridgehead atoms. The van der Waals surface area contributed by atoms with E-state index in [1.165, 1.54) is 18.4 Å². The number of hydrogen-bond donors (Lipinski definition) is 1. The van der Waals surface area contributed by atoms with Crippen LogP contribution in [0.5, 0.6) is 0 Å². The molecule has 1 aliphatic rings. The first-order valence-electron chi connectivity index (χ1n) is 7.56. The van der Waals surface area contributed by atoms with Crippen LogP contribution in [-0.4, -0.2) is 18.1 Å². The highest BCUT2D eigenvalue weighted by atomic mass is 16.4. The predicted octanol–water partition coefficient (Wildman–Crippen LogP) is 3.30. The van der Waals surface area contributed by atoms with Crippen molar-refractivity contribution in [2.45, 2.75) is 38.0 Å². The summed E-state index contributed by atoms with van der Waals surface area (Å²) in [4.78, 5) is 4.45. The molecule has 20 heavy (non-hydrogen) atoms. The van der Waals surface area contributed by atoms with E-state index in [1.54, 1.807) is 0 Å². The molecule has 0 amide bonds. The Kier molecular flexibility index (Phi) is 3.88. The molecular formula is C17H22N2O. The summed E-state index contributed by atoms with van der Waals surface area (Å²) < 4.78 is 6.01. The number of oxazole rings is 1. The zero-order valence-corrected chi connectivity index (χ0v) is 12.1. The van der Waals surface area contributed by atoms with Crippen molar-refractivity contribution < 1.29 is 4.42 Å². The highest BCUT2D eigenvalue weighted by Crippen LogP contribution is 2.53. The van der Waals surface area contributed by atoms with Gasteiger partial charge in [0.15, 0.2) is 5.89 Å². The average Bonchev–Trinajstić information content (AvgIpc) is 3.18. The van der Waals surface area contributed by atoms with Crippen LogP contribution in [0.15, 0.2) is 40.9 Å². The van der Waals surface area contributed by atoms with Gasteiger partial charge in [0.1, 0.15) is 5.76 Å². The summed E-state index contributed by atoms with van der Waals surface area (Å²) in [7, 11) is 0. The Labute approximate surface area is 120 Å². The molecule has 0 radical (unpaired) electrons. The standard InChI is InChI=1S/C17H22N2O/c1-2-18-12-6-9-16-19-13-15(20-16)17(10-11-17)14-7-4-3-5-8-14/h3-5,7-8,13,18H,2,6,9-12H2,1H3. The van der Waals surface area contributed by atoms with Gasteiger partial charge >= 0.3 is 0 Å². The van der Waals surface area contributed by atoms with Gasteiger partial charge in [-0.2, -0.15) is 0 Å². The van der Waals surface area contributed by atoms with E-state index < -0.39 is 0 Å². The second-order valence-corrected chi connectivity index (χ2v) is 5.52. The number of nitrogens with one attached hydrogen (secondary N) is 1. The molecule has 0 aliphatic heterocycles. The third kappa shape index (κ3) is 2.63. The number of hydrogen-bond acceptors (Lipinski definition) is 3. The zero-order chi connectivity index (χ0) is 13.8. The highest BCUT2D eigenvalue weighted by Gasteiger charge is 2.48. The van der Waals surface area contributed by atoms with Crippen molar-refractivity contribution in [3.8, 4) is 0 Å². The van der Waals surface area contributed by atoms with Crippen LogP contribution in [0, 0.1) is 0 Å². The van der Waals surface area contributed by atoms with Crippen LogP contribution in [0.25, 0.3) is 0 Å². The van der Waals surface area contributed by atoms with Gasteiger partial charge < -0.3 is 9.73 Å². The molecule has 1 aromatic carbocycles. The van der Waals surface area contributed by atoms with E-state index in [0.717, 1.165) is 37.6 Å². The Morgan fingerprint density at radius 2 is 2.05 bits per heavy atom. The lowest BCUT2D eigenvalue weighted by Gasteiger charge is -2.11. The van der Waals surface area contributed by atoms with Gasteiger partial charge in [-0.1, -0.05) is 37.3 Å². The van der Waals surface area contributed by atoms with E-state index in [1.807, 2.05) is 6.20 Å². The van der Waals surface area contributed by atoms with Crippen molar-refractivity contribution in [1.82, 2.24) is 10.3 Å². The molecule has 3 nitrogen and oxygen atoms in total. The summed E-state index contributed by atoms with van der Waals surface area (Å²) in [6.45, 7) is 4.17. The normalized spacial score (nSPS) is 16.2. The molecule has 3 rings (SSSR count). The van der Waals surface area contributed by atoms with Crippen LogP contribution in [0.4, 0.5) is 0 Å². The van der Waals surface area contributed by atoms with Crippen molar-refractivity contribution in [3.05, 3.63) is 53.7 Å². The molecule has 3 heteroatoms. The van der Waals surface area contributed by atoms with Gasteiger partial charge in [0.05, 0.1) is 11.6 Å². The number of rotatable bonds is 7. The maximum Gasteiger partial charge on any atom is 0.194 e. The van der Waals surface area contributed by atoms with Crippen molar-refractivity contribution in [3.63, 3.8) is 0 Å². The molecule has 1 saturated carbocycles. The van der Waals surface area contributed by atoms with Crippen LogP contribution in [0.1, 0.15) is 43.4 Å². The van der Waals surface area contributed by atoms with Gasteiger partial charge in [-0.15, -0.1) is 0 Å². The number of aryl methyl sites for hydroxylation is 1. The minimum atomic E-state index is 0.105. The van der Waals surface area contributed by atoms with Crippen LogP contribution < -0.4 is 5.32 Å². The average molecular weight is 270 g/mol. The number of aromatic nitrogens is 1. The lowest BCUT2D eigenvalue weighted by Crippen LogP contribution is -2.14. The second kappa shape index (κ2) is 5.80. The molecular weight excluding hydrogens is 248 g/mol. The summed E-state index contributed by atoms with van der Waals surface area (Å²) in [6, 6.07) is 10.7. The van der Waals surface area contributed by atoms with E-state index in [2.05, 4.69) is 47.6 Å². The fraction of sp³-hybridized carbons (Fsp3) is 0.471. The fourth-order valence-electron chi connectivity index (χ4n) is 2.75. The predicted molar refractivity (Wildman–Crippen MR) is 79.8 cm³/mol. The Morgan fingerprint density at radius 1 is 1.25 bits per heavy atom. The summed E-state index contributed by atoms with van der Waals surface area (Å²) in [6.07, 6.45) is 6.26. The van der Waals surface area contributed by atoms with Gasteiger partial charge in [-0.05, 0) is 37.9 Å². The monoisotopic (exact) mass is 270 g/mol. The van der Waals surface area contributed by atoms with Crippen molar-refractivity contribution in [1.29, 1.82) is 0 Å². The van der Waals surface area contributed by atoms with Gasteiger partial charge in [0, 0.05) is 6.42 Å². The van der Waals surface area contributed by atoms with Gasteiger partial charge in [0.2, 0.25) is 0 Å². The molecule has 2 aromatic rings. The minimum absolute atomic E-state index is 0.105. The minimum Gasteiger partial charge on any atom is -0.445 e. The van der Waals surface area contributed by atoms with E-state index >= 15 is 0 Å². The largest absolute Gasteiger partial charge is 0.445 e. The third-order valence-electron chi connectivity index (χ3n) is 4.10. The van der Waals surface area contributed by atoms with Crippen LogP contribution in [0.2, 0.25) is 0 Å². The molecule has 0 spiro atoms. The second-order valence-electron chi connectivity index (χ2n) is 5.52. The fourth-order valence-corrected chi connectivity index (χ4v) is 2.75. The first-order valence-corrected chi connectivity index (χ1v) is 7.56. The van der Waals surface area contributed by atoms with Gasteiger partial charge in [-0.3, -0.25) is 0 Å². The summed E-state index contributed by atoms with van der Waals surface area (Å²) >= 11 is 0. The van der Waals surface area contributed by atoms with E-state index in [-0.39, 0.29) is 5.41 Å². The van der Waals surface area contributed by atoms with Crippen molar-refractivity contribution in [2.75, 3.05) is 13.1 Å². The molecule has 0 unspecified atom stereocenters. The van der Waals surface area contributed by atoms with Crippen LogP contribution in [0.3, 0.4) is 0 Å². The first-order chi connectivity index (χ1) is 9.85. The zero-order valence-electron chi connectivity index (χ0n) is 12.1. The van der Waals surface area contributed by atoms with E-state index in [0.29, 0.717) is 0 Å². The van der Waals surface area contributed by atoms with Crippen LogP contribution >= 0.6 is 0 Å². The molecule has 1 heterocycles. The topological polar surface area (TPSA) is 38.1 Å². The third-order valence-corrected chi connectivity index (χ3v) is 4.10. The Hall–Kier alpha value is -1.61. The Bertz CT molecular complexity index is 543. The summed E-state index contributed by atoms with van der Waals surface area (Å²) in [5.41, 5.74) is 1.46. The first kappa shape index (κ1) is 13.4. The number of nitrogens with zero attached hydrogens (tertiary/aromatic N) is 1. The summed E-state index contributed by atoms with van der Waals surface area (Å²) in [5.74, 6) is 1.92. The molecule has 0 atom stereocenters. The van der Waals surface area contributed by atoms with Gasteiger partial charge in [0.25, 0.3) is 0 Å². The quantitative estimate of drug-likeness (QED) is 0.784. The Morgan fingerprint density at radius 3 is 2.75 bits per heavy atom. The molecule has 106 valence electrons. The van der Waals surface area contributed by atoms with E-state index in [9.17, 15) is 0 Å². The van der Waals surface area contributed by atoms with Gasteiger partial charge in [-0.25, -0.2) is 4.98 Å². The smallest absolute Gasteiger partial charge is 0.194 e. The molecule has 1 aromatic heterocycles. The Balaban J connectivity index is 1.68. The van der Waals surface area contributed by atoms with Crippen molar-refractivity contribution in [2.24, 2.45) is 0 Å². The number of benzene rings is 1.